The van der Waals surface area contributed by atoms with Crippen LogP contribution >= 0.6 is 0 Å². The van der Waals surface area contributed by atoms with Gasteiger partial charge in [-0.3, -0.25) is 9.59 Å². The molecular formula is C23H23F2N5O3. The summed E-state index contributed by atoms with van der Waals surface area (Å²) in [6.07, 6.45) is 0. The molecule has 10 heteroatoms. The summed E-state index contributed by atoms with van der Waals surface area (Å²) in [5.41, 5.74) is 0.247. The Morgan fingerprint density at radius 2 is 1.76 bits per heavy atom. The van der Waals surface area contributed by atoms with Crippen LogP contribution in [0.5, 0.6) is 5.75 Å². The molecule has 3 aromatic rings. The smallest absolute Gasteiger partial charge is 0.267 e. The van der Waals surface area contributed by atoms with Crippen molar-refractivity contribution in [2.24, 2.45) is 0 Å². The number of hydrogen-bond donors (Lipinski definition) is 1. The van der Waals surface area contributed by atoms with Crippen molar-refractivity contribution in [1.82, 2.24) is 9.78 Å². The van der Waals surface area contributed by atoms with E-state index in [4.69, 9.17) is 4.74 Å². The van der Waals surface area contributed by atoms with E-state index in [0.717, 1.165) is 47.4 Å². The van der Waals surface area contributed by atoms with Crippen molar-refractivity contribution < 1.29 is 18.3 Å². The number of piperazine rings is 1. The van der Waals surface area contributed by atoms with E-state index in [-0.39, 0.29) is 5.69 Å². The highest BCUT2D eigenvalue weighted by Crippen LogP contribution is 2.28. The molecule has 0 radical (unpaired) electrons. The Morgan fingerprint density at radius 3 is 2.52 bits per heavy atom. The van der Waals surface area contributed by atoms with E-state index in [1.54, 1.807) is 13.2 Å². The van der Waals surface area contributed by atoms with Crippen LogP contribution in [-0.2, 0) is 11.3 Å². The molecule has 0 spiro atoms. The quantitative estimate of drug-likeness (QED) is 0.615. The molecule has 0 bridgehead atoms. The zero-order chi connectivity index (χ0) is 23.4. The zero-order valence-corrected chi connectivity index (χ0v) is 18.0. The summed E-state index contributed by atoms with van der Waals surface area (Å²) in [6, 6.07) is 13.5. The first kappa shape index (κ1) is 22.3. The number of nitrogens with one attached hydrogen (secondary N) is 1. The van der Waals surface area contributed by atoms with E-state index >= 15 is 0 Å². The van der Waals surface area contributed by atoms with Crippen molar-refractivity contribution in [2.75, 3.05) is 48.4 Å². The first-order valence-electron chi connectivity index (χ1n) is 10.4. The number of methoxy groups -OCH3 is 1. The fraction of sp³-hybridized carbons (Fsp3) is 0.261. The number of amides is 1. The number of nitrogens with zero attached hydrogens (tertiary/aromatic N) is 4. The van der Waals surface area contributed by atoms with Crippen molar-refractivity contribution in [3.05, 3.63) is 76.6 Å². The van der Waals surface area contributed by atoms with Gasteiger partial charge in [-0.1, -0.05) is 12.1 Å². The van der Waals surface area contributed by atoms with Gasteiger partial charge in [0.25, 0.3) is 5.56 Å². The molecule has 2 heterocycles. The average molecular weight is 455 g/mol. The SMILES string of the molecule is COc1ccccc1N1CCN(c2ccc(=O)n(CC(=O)Nc3cc(F)ccc3F)n2)CC1. The minimum absolute atomic E-state index is 0.295. The number of halogens is 2. The molecule has 1 aliphatic heterocycles. The number of rotatable bonds is 6. The van der Waals surface area contributed by atoms with Crippen LogP contribution in [0.2, 0.25) is 0 Å². The Balaban J connectivity index is 1.43. The van der Waals surface area contributed by atoms with Crippen molar-refractivity contribution in [1.29, 1.82) is 0 Å². The summed E-state index contributed by atoms with van der Waals surface area (Å²) in [4.78, 5) is 28.8. The monoisotopic (exact) mass is 455 g/mol. The van der Waals surface area contributed by atoms with Crippen LogP contribution < -0.4 is 25.4 Å². The predicted molar refractivity (Wildman–Crippen MR) is 121 cm³/mol. The topological polar surface area (TPSA) is 79.7 Å². The molecule has 0 saturated carbocycles. The molecule has 1 aliphatic rings. The summed E-state index contributed by atoms with van der Waals surface area (Å²) in [7, 11) is 1.64. The van der Waals surface area contributed by atoms with Gasteiger partial charge in [0, 0.05) is 38.3 Å². The van der Waals surface area contributed by atoms with Crippen molar-refractivity contribution in [3.63, 3.8) is 0 Å². The molecule has 0 aliphatic carbocycles. The summed E-state index contributed by atoms with van der Waals surface area (Å²) in [5, 5.41) is 6.58. The lowest BCUT2D eigenvalue weighted by Crippen LogP contribution is -2.47. The van der Waals surface area contributed by atoms with Gasteiger partial charge in [0.1, 0.15) is 29.7 Å². The second kappa shape index (κ2) is 9.68. The van der Waals surface area contributed by atoms with E-state index in [9.17, 15) is 18.4 Å². The van der Waals surface area contributed by atoms with Crippen molar-refractivity contribution in [2.45, 2.75) is 6.54 Å². The molecule has 1 saturated heterocycles. The maximum Gasteiger partial charge on any atom is 0.267 e. The molecule has 0 unspecified atom stereocenters. The van der Waals surface area contributed by atoms with E-state index in [2.05, 4.69) is 15.3 Å². The van der Waals surface area contributed by atoms with Gasteiger partial charge in [0.15, 0.2) is 0 Å². The number of para-hydroxylation sites is 2. The molecule has 1 aromatic heterocycles. The summed E-state index contributed by atoms with van der Waals surface area (Å²) in [6.45, 7) is 2.33. The number of carbonyl (C=O) groups excluding carboxylic acids is 1. The Morgan fingerprint density at radius 1 is 1.03 bits per heavy atom. The third-order valence-corrected chi connectivity index (χ3v) is 5.38. The lowest BCUT2D eigenvalue weighted by Gasteiger charge is -2.37. The molecule has 1 amide bonds. The molecule has 8 nitrogen and oxygen atoms in total. The van der Waals surface area contributed by atoms with E-state index in [1.165, 1.54) is 6.07 Å². The third kappa shape index (κ3) is 5.11. The second-order valence-corrected chi connectivity index (χ2v) is 7.51. The van der Waals surface area contributed by atoms with Gasteiger partial charge in [0.2, 0.25) is 5.91 Å². The summed E-state index contributed by atoms with van der Waals surface area (Å²) in [5.74, 6) is -0.785. The molecule has 0 atom stereocenters. The molecule has 172 valence electrons. The van der Waals surface area contributed by atoms with Gasteiger partial charge in [-0.15, -0.1) is 0 Å². The number of hydrogen-bond acceptors (Lipinski definition) is 6. The highest BCUT2D eigenvalue weighted by molar-refractivity contribution is 5.90. The van der Waals surface area contributed by atoms with Gasteiger partial charge < -0.3 is 19.9 Å². The van der Waals surface area contributed by atoms with Gasteiger partial charge in [-0.25, -0.2) is 13.5 Å². The number of ether oxygens (including phenoxy) is 1. The molecule has 1 N–H and O–H groups in total. The largest absolute Gasteiger partial charge is 0.495 e. The van der Waals surface area contributed by atoms with Gasteiger partial charge in [-0.2, -0.15) is 5.10 Å². The minimum Gasteiger partial charge on any atom is -0.495 e. The number of benzene rings is 2. The first-order valence-corrected chi connectivity index (χ1v) is 10.4. The van der Waals surface area contributed by atoms with E-state index in [1.807, 2.05) is 29.2 Å². The van der Waals surface area contributed by atoms with Crippen molar-refractivity contribution in [3.8, 4) is 5.75 Å². The maximum atomic E-state index is 13.8. The summed E-state index contributed by atoms with van der Waals surface area (Å²) >= 11 is 0. The summed E-state index contributed by atoms with van der Waals surface area (Å²) < 4.78 is 33.6. The van der Waals surface area contributed by atoms with E-state index in [0.29, 0.717) is 18.9 Å². The number of anilines is 3. The molecular weight excluding hydrogens is 432 g/mol. The Labute approximate surface area is 189 Å². The number of carbonyl (C=O) groups is 1. The normalized spacial score (nSPS) is 13.7. The lowest BCUT2D eigenvalue weighted by molar-refractivity contribution is -0.117. The van der Waals surface area contributed by atoms with Crippen LogP contribution in [-0.4, -0.2) is 49.0 Å². The average Bonchev–Trinajstić information content (AvgIpc) is 2.83. The van der Waals surface area contributed by atoms with Crippen molar-refractivity contribution >= 4 is 23.1 Å². The Hall–Kier alpha value is -3.95. The van der Waals surface area contributed by atoms with Crippen LogP contribution in [0.4, 0.5) is 26.0 Å². The maximum absolute atomic E-state index is 13.8. The Kier molecular flexibility index (Phi) is 6.53. The fourth-order valence-electron chi connectivity index (χ4n) is 3.71. The van der Waals surface area contributed by atoms with Crippen LogP contribution in [0, 0.1) is 11.6 Å². The molecule has 33 heavy (non-hydrogen) atoms. The van der Waals surface area contributed by atoms with Crippen LogP contribution in [0.1, 0.15) is 0 Å². The highest BCUT2D eigenvalue weighted by atomic mass is 19.1. The molecule has 2 aromatic carbocycles. The van der Waals surface area contributed by atoms with Gasteiger partial charge >= 0.3 is 0 Å². The van der Waals surface area contributed by atoms with Crippen LogP contribution in [0.3, 0.4) is 0 Å². The van der Waals surface area contributed by atoms with Crippen LogP contribution in [0.15, 0.2) is 59.4 Å². The lowest BCUT2D eigenvalue weighted by atomic mass is 10.2. The van der Waals surface area contributed by atoms with Gasteiger partial charge in [-0.05, 0) is 30.3 Å². The van der Waals surface area contributed by atoms with Gasteiger partial charge in [0.05, 0.1) is 18.5 Å². The number of aromatic nitrogens is 2. The minimum atomic E-state index is -0.772. The second-order valence-electron chi connectivity index (χ2n) is 7.51. The first-order chi connectivity index (χ1) is 15.9. The standard InChI is InChI=1S/C23H23F2N5O3/c1-33-20-5-3-2-4-19(20)28-10-12-29(13-11-28)21-8-9-23(32)30(27-21)15-22(31)26-18-14-16(24)6-7-17(18)25/h2-9,14H,10-13,15H2,1H3,(H,26,31). The fourth-order valence-corrected chi connectivity index (χ4v) is 3.71. The Bertz CT molecular complexity index is 1210. The third-order valence-electron chi connectivity index (χ3n) is 5.38. The molecule has 4 rings (SSSR count). The highest BCUT2D eigenvalue weighted by Gasteiger charge is 2.21. The predicted octanol–water partition coefficient (Wildman–Crippen LogP) is 2.50. The van der Waals surface area contributed by atoms with Crippen LogP contribution in [0.25, 0.3) is 0 Å². The zero-order valence-electron chi connectivity index (χ0n) is 18.0. The van der Waals surface area contributed by atoms with E-state index < -0.39 is 29.6 Å². The molecule has 1 fully saturated rings.